The smallest absolute Gasteiger partial charge is 0.441 e. The molecule has 0 heterocycles. The molecular formula is C46H61F3O4S6. The molecule has 13 heteroatoms. The molecule has 0 spiro atoms. The van der Waals surface area contributed by atoms with Gasteiger partial charge in [0.25, 0.3) is 0 Å². The third-order valence-electron chi connectivity index (χ3n) is 9.44. The van der Waals surface area contributed by atoms with Crippen molar-refractivity contribution in [1.29, 1.82) is 0 Å². The Morgan fingerprint density at radius 2 is 0.780 bits per heavy atom. The Balaban J connectivity index is 0.000000387. The summed E-state index contributed by atoms with van der Waals surface area (Å²) >= 11 is 1.98. The molecule has 0 bridgehead atoms. The number of aromatic hydroxyl groups is 2. The zero-order valence-electron chi connectivity index (χ0n) is 35.9. The van der Waals surface area contributed by atoms with Gasteiger partial charge in [0.15, 0.2) is 0 Å². The van der Waals surface area contributed by atoms with Crippen LogP contribution in [0.5, 0.6) is 23.0 Å². The van der Waals surface area contributed by atoms with E-state index in [0.29, 0.717) is 24.5 Å². The number of unbranched alkanes of at least 4 members (excludes halogenated alkanes) is 6. The van der Waals surface area contributed by atoms with E-state index in [-0.39, 0.29) is 17.5 Å². The first kappa shape index (κ1) is 51.3. The first-order chi connectivity index (χ1) is 28.0. The maximum Gasteiger partial charge on any atom is 0.441 e. The highest BCUT2D eigenvalue weighted by Gasteiger charge is 2.27. The van der Waals surface area contributed by atoms with Crippen LogP contribution in [0.25, 0.3) is 0 Å². The molecule has 59 heavy (non-hydrogen) atoms. The van der Waals surface area contributed by atoms with Crippen molar-refractivity contribution in [2.45, 2.75) is 132 Å². The van der Waals surface area contributed by atoms with Crippen molar-refractivity contribution in [3.05, 3.63) is 93.0 Å². The van der Waals surface area contributed by atoms with E-state index in [1.807, 2.05) is 51.6 Å². The number of alkyl halides is 3. The number of hydrogen-bond donors (Lipinski definition) is 2. The molecule has 0 radical (unpaired) electrons. The van der Waals surface area contributed by atoms with Gasteiger partial charge in [-0.05, 0) is 162 Å². The molecule has 0 aliphatic carbocycles. The zero-order chi connectivity index (χ0) is 43.5. The van der Waals surface area contributed by atoms with Crippen LogP contribution in [0.4, 0.5) is 13.2 Å². The van der Waals surface area contributed by atoms with E-state index in [0.717, 1.165) is 86.3 Å². The minimum Gasteiger partial charge on any atom is -0.508 e. The average molecular weight is 927 g/mol. The Kier molecular flexibility index (Phi) is 23.0. The van der Waals surface area contributed by atoms with Crippen LogP contribution in [0, 0.1) is 55.4 Å². The van der Waals surface area contributed by atoms with Crippen LogP contribution in [0.15, 0.2) is 68.1 Å². The minimum atomic E-state index is -4.12. The number of ether oxygens (including phenoxy) is 2. The van der Waals surface area contributed by atoms with Gasteiger partial charge in [-0.2, -0.15) is 24.9 Å². The molecule has 4 rings (SSSR count). The Morgan fingerprint density at radius 3 is 1.15 bits per heavy atom. The molecule has 326 valence electrons. The number of rotatable bonds is 22. The second-order valence-corrected chi connectivity index (χ2v) is 21.3. The van der Waals surface area contributed by atoms with Gasteiger partial charge in [0.05, 0.1) is 13.2 Å². The summed E-state index contributed by atoms with van der Waals surface area (Å²) in [4.78, 5) is 4.44. The summed E-state index contributed by atoms with van der Waals surface area (Å²) in [6, 6.07) is 16.2. The molecule has 0 unspecified atom stereocenters. The van der Waals surface area contributed by atoms with E-state index >= 15 is 0 Å². The van der Waals surface area contributed by atoms with E-state index in [9.17, 15) is 23.4 Å². The largest absolute Gasteiger partial charge is 0.508 e. The van der Waals surface area contributed by atoms with Gasteiger partial charge >= 0.3 is 5.51 Å². The molecule has 0 fully saturated rings. The van der Waals surface area contributed by atoms with E-state index in [1.165, 1.54) is 46.6 Å². The molecule has 0 aliphatic heterocycles. The van der Waals surface area contributed by atoms with E-state index in [2.05, 4.69) is 58.2 Å². The van der Waals surface area contributed by atoms with Crippen molar-refractivity contribution in [3.8, 4) is 23.0 Å². The molecule has 0 atom stereocenters. The third-order valence-corrected chi connectivity index (χ3v) is 16.3. The summed E-state index contributed by atoms with van der Waals surface area (Å²) in [5.41, 5.74) is 4.66. The SMILES string of the molecule is CSCCCCCCOc1cc(SSc2cc(OCCCCCCSC(F)(F)F)c(C)cc2C)c(C)cc1C.Cc1cc(C)c(SSc2cc(O)c(C)cc2C)cc1O. The Labute approximate surface area is 375 Å². The molecule has 0 aromatic heterocycles. The van der Waals surface area contributed by atoms with Gasteiger partial charge in [0, 0.05) is 25.3 Å². The summed E-state index contributed by atoms with van der Waals surface area (Å²) in [5.74, 6) is 3.85. The van der Waals surface area contributed by atoms with Crippen LogP contribution >= 0.6 is 66.7 Å². The minimum absolute atomic E-state index is 0.0681. The van der Waals surface area contributed by atoms with Crippen molar-refractivity contribution >= 4 is 66.7 Å². The van der Waals surface area contributed by atoms with E-state index in [1.54, 1.807) is 55.3 Å². The normalized spacial score (nSPS) is 11.4. The van der Waals surface area contributed by atoms with Gasteiger partial charge in [-0.3, -0.25) is 0 Å². The van der Waals surface area contributed by atoms with Crippen LogP contribution in [-0.4, -0.2) is 46.7 Å². The number of phenolic OH excluding ortho intramolecular Hbond substituents is 2. The molecule has 0 aliphatic rings. The van der Waals surface area contributed by atoms with Gasteiger partial charge in [-0.1, -0.05) is 105 Å². The average Bonchev–Trinajstić information content (AvgIpc) is 3.16. The number of benzene rings is 4. The number of aryl methyl sites for hydroxylation is 8. The van der Waals surface area contributed by atoms with Crippen molar-refractivity contribution in [1.82, 2.24) is 0 Å². The summed E-state index contributed by atoms with van der Waals surface area (Å²) in [6.45, 7) is 17.6. The first-order valence-electron chi connectivity index (χ1n) is 20.0. The maximum atomic E-state index is 12.2. The molecule has 4 aromatic carbocycles. The molecule has 4 nitrogen and oxygen atoms in total. The van der Waals surface area contributed by atoms with Gasteiger partial charge in [0.2, 0.25) is 0 Å². The zero-order valence-corrected chi connectivity index (χ0v) is 40.8. The molecule has 0 saturated heterocycles. The number of phenols is 2. The second kappa shape index (κ2) is 26.4. The lowest BCUT2D eigenvalue weighted by Crippen LogP contribution is -2.02. The maximum absolute atomic E-state index is 12.2. The monoisotopic (exact) mass is 926 g/mol. The fourth-order valence-corrected chi connectivity index (χ4v) is 12.0. The predicted octanol–water partition coefficient (Wildman–Crippen LogP) is 16.3. The molecule has 0 saturated carbocycles. The van der Waals surface area contributed by atoms with Crippen molar-refractivity contribution in [2.75, 3.05) is 31.0 Å². The van der Waals surface area contributed by atoms with Gasteiger partial charge in [-0.25, -0.2) is 0 Å². The Morgan fingerprint density at radius 1 is 0.441 bits per heavy atom. The third kappa shape index (κ3) is 18.9. The summed E-state index contributed by atoms with van der Waals surface area (Å²) in [7, 11) is 6.67. The van der Waals surface area contributed by atoms with Crippen molar-refractivity contribution in [3.63, 3.8) is 0 Å². The van der Waals surface area contributed by atoms with Crippen molar-refractivity contribution < 1.29 is 32.9 Å². The molecular weight excluding hydrogens is 866 g/mol. The highest BCUT2D eigenvalue weighted by Crippen LogP contribution is 2.45. The quantitative estimate of drug-likeness (QED) is 0.0589. The Hall–Kier alpha value is -2.03. The summed E-state index contributed by atoms with van der Waals surface area (Å²) in [5, 5.41) is 19.6. The lowest BCUT2D eigenvalue weighted by Gasteiger charge is -2.15. The summed E-state index contributed by atoms with van der Waals surface area (Å²) < 4.78 is 48.8. The van der Waals surface area contributed by atoms with Gasteiger partial charge in [-0.15, -0.1) is 0 Å². The Bertz CT molecular complexity index is 1860. The number of halogens is 3. The topological polar surface area (TPSA) is 58.9 Å². The lowest BCUT2D eigenvalue weighted by atomic mass is 10.1. The van der Waals surface area contributed by atoms with Crippen LogP contribution in [0.1, 0.15) is 95.9 Å². The number of hydrogen-bond acceptors (Lipinski definition) is 10. The second-order valence-electron chi connectivity index (χ2n) is 14.7. The lowest BCUT2D eigenvalue weighted by molar-refractivity contribution is -0.0328. The van der Waals surface area contributed by atoms with Crippen LogP contribution < -0.4 is 9.47 Å². The first-order valence-corrected chi connectivity index (χ1v) is 26.6. The van der Waals surface area contributed by atoms with Gasteiger partial charge < -0.3 is 19.7 Å². The van der Waals surface area contributed by atoms with E-state index in [4.69, 9.17) is 9.47 Å². The molecule has 0 amide bonds. The standard InChI is InChI=1S/C30H43F3O2S4.C16H18O2S2/c1-22-18-24(3)28(20-26(22)34-14-10-6-8-12-16-36-5)38-39-29-21-27(23(2)19-25(29)4)35-15-11-7-9-13-17-37-30(31,32)33;1-9-5-11(3)15(7-13(9)17)19-20-16-8-14(18)10(2)6-12(16)4/h18-21H,6-17H2,1-5H3;5-8,17-18H,1-4H3. The van der Waals surface area contributed by atoms with Gasteiger partial charge in [0.1, 0.15) is 23.0 Å². The fourth-order valence-electron chi connectivity index (χ4n) is 5.93. The summed E-state index contributed by atoms with van der Waals surface area (Å²) in [6.07, 6.45) is 10.1. The molecule has 4 aromatic rings. The van der Waals surface area contributed by atoms with Crippen LogP contribution in [0.2, 0.25) is 0 Å². The number of thioether (sulfide) groups is 2. The van der Waals surface area contributed by atoms with E-state index < -0.39 is 5.51 Å². The predicted molar refractivity (Wildman–Crippen MR) is 255 cm³/mol. The van der Waals surface area contributed by atoms with Crippen LogP contribution in [-0.2, 0) is 0 Å². The van der Waals surface area contributed by atoms with Crippen molar-refractivity contribution in [2.24, 2.45) is 0 Å². The fraction of sp³-hybridized carbons (Fsp3) is 0.478. The molecule has 2 N–H and O–H groups in total. The van der Waals surface area contributed by atoms with Crippen LogP contribution in [0.3, 0.4) is 0 Å². The highest BCUT2D eigenvalue weighted by molar-refractivity contribution is 8.77. The highest BCUT2D eigenvalue weighted by atomic mass is 33.1.